The molecule has 1 aromatic heterocycles. The summed E-state index contributed by atoms with van der Waals surface area (Å²) in [6, 6.07) is 1.79. The molecule has 0 aromatic carbocycles. The molecule has 27 heavy (non-hydrogen) atoms. The Morgan fingerprint density at radius 2 is 1.96 bits per heavy atom. The van der Waals surface area contributed by atoms with Gasteiger partial charge in [0.2, 0.25) is 0 Å². The second-order valence-corrected chi connectivity index (χ2v) is 7.50. The number of rotatable bonds is 3. The van der Waals surface area contributed by atoms with Gasteiger partial charge in [0.15, 0.2) is 0 Å². The summed E-state index contributed by atoms with van der Waals surface area (Å²) in [5, 5.41) is 6.89. The maximum atomic E-state index is 12.7. The fourth-order valence-electron chi connectivity index (χ4n) is 3.91. The summed E-state index contributed by atoms with van der Waals surface area (Å²) in [4.78, 5) is 37.3. The van der Waals surface area contributed by atoms with E-state index in [1.807, 2.05) is 37.7 Å². The molecular weight excluding hydrogens is 352 g/mol. The van der Waals surface area contributed by atoms with Crippen LogP contribution in [0.5, 0.6) is 0 Å². The van der Waals surface area contributed by atoms with Gasteiger partial charge in [0.1, 0.15) is 17.6 Å². The highest BCUT2D eigenvalue weighted by molar-refractivity contribution is 5.95. The van der Waals surface area contributed by atoms with E-state index in [4.69, 9.17) is 19.1 Å². The van der Waals surface area contributed by atoms with Crippen LogP contribution in [0.1, 0.15) is 41.1 Å². The molecule has 0 saturated carbocycles. The van der Waals surface area contributed by atoms with Crippen LogP contribution in [-0.4, -0.2) is 73.1 Å². The largest absolute Gasteiger partial charge is 0.483 e. The Kier molecular flexibility index (Phi) is 6.64. The number of ether oxygens (including phenoxy) is 1. The molecule has 8 nitrogen and oxygen atoms in total. The second kappa shape index (κ2) is 8.56. The van der Waals surface area contributed by atoms with Gasteiger partial charge in [0, 0.05) is 26.1 Å². The SMILES string of the molecule is Cc1cc(C(=O)N2CCC3(CC2)CC(CN(C)C)OC3=O)c(C)o1.O=CO. The topological polar surface area (TPSA) is 100 Å². The molecule has 2 aliphatic rings. The Balaban J connectivity index is 0.000000817. The Hall–Kier alpha value is -2.35. The van der Waals surface area contributed by atoms with Crippen molar-refractivity contribution < 1.29 is 28.6 Å². The van der Waals surface area contributed by atoms with Crippen molar-refractivity contribution in [3.63, 3.8) is 0 Å². The molecule has 3 rings (SSSR count). The molecule has 1 spiro atoms. The van der Waals surface area contributed by atoms with Gasteiger partial charge in [-0.1, -0.05) is 0 Å². The van der Waals surface area contributed by atoms with Gasteiger partial charge in [-0.3, -0.25) is 14.4 Å². The van der Waals surface area contributed by atoms with Crippen molar-refractivity contribution in [2.45, 2.75) is 39.2 Å². The maximum Gasteiger partial charge on any atom is 0.312 e. The predicted molar refractivity (Wildman–Crippen MR) is 97.5 cm³/mol. The Labute approximate surface area is 159 Å². The summed E-state index contributed by atoms with van der Waals surface area (Å²) in [7, 11) is 3.96. The van der Waals surface area contributed by atoms with Gasteiger partial charge in [-0.25, -0.2) is 0 Å². The van der Waals surface area contributed by atoms with Crippen LogP contribution in [0.3, 0.4) is 0 Å². The summed E-state index contributed by atoms with van der Waals surface area (Å²) in [5.74, 6) is 1.31. The zero-order valence-electron chi connectivity index (χ0n) is 16.4. The first kappa shape index (κ1) is 21.0. The molecule has 1 N–H and O–H groups in total. The number of likely N-dealkylation sites (tertiary alicyclic amines) is 1. The quantitative estimate of drug-likeness (QED) is 0.629. The molecule has 0 bridgehead atoms. The highest BCUT2D eigenvalue weighted by Crippen LogP contribution is 2.43. The lowest BCUT2D eigenvalue weighted by Gasteiger charge is -2.36. The summed E-state index contributed by atoms with van der Waals surface area (Å²) < 4.78 is 11.0. The van der Waals surface area contributed by atoms with Gasteiger partial charge in [0.25, 0.3) is 12.4 Å². The van der Waals surface area contributed by atoms with Crippen LogP contribution in [-0.2, 0) is 14.3 Å². The first-order chi connectivity index (χ1) is 12.7. The van der Waals surface area contributed by atoms with Crippen LogP contribution in [0.25, 0.3) is 0 Å². The van der Waals surface area contributed by atoms with E-state index < -0.39 is 5.41 Å². The highest BCUT2D eigenvalue weighted by atomic mass is 16.6. The van der Waals surface area contributed by atoms with Crippen LogP contribution in [0, 0.1) is 19.3 Å². The monoisotopic (exact) mass is 380 g/mol. The summed E-state index contributed by atoms with van der Waals surface area (Å²) in [6.45, 7) is 5.34. The minimum absolute atomic E-state index is 0.00425. The summed E-state index contributed by atoms with van der Waals surface area (Å²) in [6.07, 6.45) is 2.08. The van der Waals surface area contributed by atoms with E-state index in [0.29, 0.717) is 37.3 Å². The van der Waals surface area contributed by atoms with Gasteiger partial charge in [-0.05, 0) is 46.9 Å². The normalized spacial score (nSPS) is 21.0. The lowest BCUT2D eigenvalue weighted by Crippen LogP contribution is -2.45. The molecular formula is C19H28N2O6. The molecule has 8 heteroatoms. The number of nitrogens with zero attached hydrogens (tertiary/aromatic N) is 2. The van der Waals surface area contributed by atoms with Crippen LogP contribution in [0.2, 0.25) is 0 Å². The number of carboxylic acid groups (broad SMARTS) is 1. The zero-order chi connectivity index (χ0) is 20.2. The number of cyclic esters (lactones) is 1. The molecule has 150 valence electrons. The van der Waals surface area contributed by atoms with Gasteiger partial charge in [-0.15, -0.1) is 0 Å². The average molecular weight is 380 g/mol. The van der Waals surface area contributed by atoms with Crippen LogP contribution in [0.4, 0.5) is 0 Å². The number of carbonyl (C=O) groups excluding carboxylic acids is 2. The third kappa shape index (κ3) is 4.68. The fraction of sp³-hybridized carbons (Fsp3) is 0.632. The Morgan fingerprint density at radius 1 is 1.37 bits per heavy atom. The van der Waals surface area contributed by atoms with Gasteiger partial charge >= 0.3 is 5.97 Å². The number of hydrogen-bond acceptors (Lipinski definition) is 6. The number of likely N-dealkylation sites (N-methyl/N-ethyl adjacent to an activating group) is 1. The zero-order valence-corrected chi connectivity index (χ0v) is 16.4. The third-order valence-corrected chi connectivity index (χ3v) is 5.17. The molecule has 3 heterocycles. The van der Waals surface area contributed by atoms with Crippen molar-refractivity contribution in [2.24, 2.45) is 5.41 Å². The number of amides is 1. The van der Waals surface area contributed by atoms with Crippen LogP contribution in [0.15, 0.2) is 10.5 Å². The number of carbonyl (C=O) groups is 3. The maximum absolute atomic E-state index is 12.7. The van der Waals surface area contributed by atoms with Crippen molar-refractivity contribution in [3.8, 4) is 0 Å². The van der Waals surface area contributed by atoms with Gasteiger partial charge in [-0.2, -0.15) is 0 Å². The molecule has 1 unspecified atom stereocenters. The van der Waals surface area contributed by atoms with Gasteiger partial charge < -0.3 is 24.1 Å². The van der Waals surface area contributed by atoms with Crippen molar-refractivity contribution in [1.82, 2.24) is 9.80 Å². The Bertz CT molecular complexity index is 688. The number of esters is 1. The molecule has 0 radical (unpaired) electrons. The van der Waals surface area contributed by atoms with E-state index in [2.05, 4.69) is 0 Å². The van der Waals surface area contributed by atoms with Crippen LogP contribution >= 0.6 is 0 Å². The predicted octanol–water partition coefficient (Wildman–Crippen LogP) is 1.70. The Morgan fingerprint density at radius 3 is 2.44 bits per heavy atom. The molecule has 0 aliphatic carbocycles. The molecule has 1 amide bonds. The van der Waals surface area contributed by atoms with Crippen molar-refractivity contribution >= 4 is 18.3 Å². The van der Waals surface area contributed by atoms with Gasteiger partial charge in [0.05, 0.1) is 11.0 Å². The molecule has 1 atom stereocenters. The standard InChI is InChI=1S/C18H26N2O4.CH2O2/c1-12-9-15(13(2)23-12)16(21)20-7-5-18(6-8-20)10-14(11-19(3)4)24-17(18)22;2-1-3/h9,14H,5-8,10-11H2,1-4H3;1H,(H,2,3). The number of piperidine rings is 1. The summed E-state index contributed by atoms with van der Waals surface area (Å²) >= 11 is 0. The van der Waals surface area contributed by atoms with E-state index in [1.54, 1.807) is 6.07 Å². The molecule has 2 fully saturated rings. The average Bonchev–Trinajstić information content (AvgIpc) is 3.07. The third-order valence-electron chi connectivity index (χ3n) is 5.17. The minimum Gasteiger partial charge on any atom is -0.483 e. The summed E-state index contributed by atoms with van der Waals surface area (Å²) in [5.41, 5.74) is 0.224. The van der Waals surface area contributed by atoms with E-state index >= 15 is 0 Å². The van der Waals surface area contributed by atoms with Crippen molar-refractivity contribution in [1.29, 1.82) is 0 Å². The first-order valence-electron chi connectivity index (χ1n) is 9.02. The molecule has 2 aliphatic heterocycles. The fourth-order valence-corrected chi connectivity index (χ4v) is 3.91. The number of hydrogen-bond donors (Lipinski definition) is 1. The second-order valence-electron chi connectivity index (χ2n) is 7.50. The highest BCUT2D eigenvalue weighted by Gasteiger charge is 2.50. The lowest BCUT2D eigenvalue weighted by molar-refractivity contribution is -0.150. The van der Waals surface area contributed by atoms with Crippen molar-refractivity contribution in [2.75, 3.05) is 33.7 Å². The van der Waals surface area contributed by atoms with E-state index in [9.17, 15) is 9.59 Å². The van der Waals surface area contributed by atoms with Crippen molar-refractivity contribution in [3.05, 3.63) is 23.2 Å². The molecule has 1 aromatic rings. The first-order valence-corrected chi connectivity index (χ1v) is 9.02. The van der Waals surface area contributed by atoms with E-state index in [0.717, 1.165) is 18.7 Å². The number of aryl methyl sites for hydroxylation is 2. The lowest BCUT2D eigenvalue weighted by atomic mass is 9.76. The number of furan rings is 1. The smallest absolute Gasteiger partial charge is 0.312 e. The minimum atomic E-state index is -0.404. The molecule has 2 saturated heterocycles. The van der Waals surface area contributed by atoms with E-state index in [1.165, 1.54) is 0 Å². The van der Waals surface area contributed by atoms with Crippen LogP contribution < -0.4 is 0 Å². The van der Waals surface area contributed by atoms with E-state index in [-0.39, 0.29) is 24.5 Å².